The van der Waals surface area contributed by atoms with Crippen molar-refractivity contribution in [1.82, 2.24) is 4.90 Å². The summed E-state index contributed by atoms with van der Waals surface area (Å²) in [6, 6.07) is 13.1. The first-order chi connectivity index (χ1) is 13.0. The predicted octanol–water partition coefficient (Wildman–Crippen LogP) is 3.44. The van der Waals surface area contributed by atoms with Gasteiger partial charge in [-0.2, -0.15) is 0 Å². The van der Waals surface area contributed by atoms with Gasteiger partial charge < -0.3 is 14.4 Å². The molecule has 0 aliphatic carbocycles. The Morgan fingerprint density at radius 1 is 1.00 bits per heavy atom. The standard InChI is InChI=1S/C22H24N2O3/c1-15-11-18-17(13-22(26)27-21(18)12-16(15)2)14-23-7-9-24(10-8-23)19-5-3-4-6-20(19)25/h3-6,11-13,25H,7-10,14H2,1-2H3. The molecule has 4 rings (SSSR count). The number of para-hydroxylation sites is 2. The smallest absolute Gasteiger partial charge is 0.336 e. The number of rotatable bonds is 3. The van der Waals surface area contributed by atoms with Crippen LogP contribution in [0.4, 0.5) is 5.69 Å². The van der Waals surface area contributed by atoms with E-state index in [1.54, 1.807) is 12.1 Å². The van der Waals surface area contributed by atoms with E-state index in [2.05, 4.69) is 22.8 Å². The van der Waals surface area contributed by atoms with E-state index in [1.165, 1.54) is 5.56 Å². The van der Waals surface area contributed by atoms with Crippen LogP contribution in [0.1, 0.15) is 16.7 Å². The van der Waals surface area contributed by atoms with Crippen LogP contribution in [0.15, 0.2) is 51.7 Å². The number of fused-ring (bicyclic) bond motifs is 1. The third-order valence-corrected chi connectivity index (χ3v) is 5.43. The minimum absolute atomic E-state index is 0.298. The molecular weight excluding hydrogens is 340 g/mol. The monoisotopic (exact) mass is 364 g/mol. The van der Waals surface area contributed by atoms with Crippen molar-refractivity contribution >= 4 is 16.7 Å². The van der Waals surface area contributed by atoms with Gasteiger partial charge in [0.15, 0.2) is 0 Å². The number of nitrogens with zero attached hydrogens (tertiary/aromatic N) is 2. The highest BCUT2D eigenvalue weighted by atomic mass is 16.4. The Morgan fingerprint density at radius 2 is 1.70 bits per heavy atom. The Hall–Kier alpha value is -2.79. The van der Waals surface area contributed by atoms with Crippen molar-refractivity contribution in [2.24, 2.45) is 0 Å². The fourth-order valence-corrected chi connectivity index (χ4v) is 3.73. The second-order valence-corrected chi connectivity index (χ2v) is 7.28. The number of aromatic hydroxyl groups is 1. The number of hydrogen-bond acceptors (Lipinski definition) is 5. The SMILES string of the molecule is Cc1cc2oc(=O)cc(CN3CCN(c4ccccc4O)CC3)c2cc1C. The third-order valence-electron chi connectivity index (χ3n) is 5.43. The van der Waals surface area contributed by atoms with E-state index in [0.717, 1.165) is 54.9 Å². The Balaban J connectivity index is 1.53. The average Bonchev–Trinajstić information content (AvgIpc) is 2.64. The van der Waals surface area contributed by atoms with Crippen molar-refractivity contribution in [3.05, 3.63) is 69.6 Å². The molecule has 5 heteroatoms. The molecule has 140 valence electrons. The average molecular weight is 364 g/mol. The summed E-state index contributed by atoms with van der Waals surface area (Å²) >= 11 is 0. The minimum Gasteiger partial charge on any atom is -0.506 e. The second-order valence-electron chi connectivity index (χ2n) is 7.28. The summed E-state index contributed by atoms with van der Waals surface area (Å²) in [5.41, 5.74) is 4.58. The molecule has 2 aromatic carbocycles. The molecule has 1 aliphatic rings. The van der Waals surface area contributed by atoms with Gasteiger partial charge in [-0.25, -0.2) is 4.79 Å². The first-order valence-electron chi connectivity index (χ1n) is 9.30. The van der Waals surface area contributed by atoms with Gasteiger partial charge in [0.2, 0.25) is 0 Å². The highest BCUT2D eigenvalue weighted by Gasteiger charge is 2.20. The second kappa shape index (κ2) is 7.08. The van der Waals surface area contributed by atoms with Crippen LogP contribution < -0.4 is 10.5 Å². The number of phenols is 1. The van der Waals surface area contributed by atoms with E-state index in [-0.39, 0.29) is 5.63 Å². The molecule has 0 saturated carbocycles. The zero-order chi connectivity index (χ0) is 19.0. The first-order valence-corrected chi connectivity index (χ1v) is 9.30. The molecule has 0 bridgehead atoms. The third kappa shape index (κ3) is 3.55. The lowest BCUT2D eigenvalue weighted by atomic mass is 10.0. The number of piperazine rings is 1. The highest BCUT2D eigenvalue weighted by molar-refractivity contribution is 5.81. The maximum Gasteiger partial charge on any atom is 0.336 e. The van der Waals surface area contributed by atoms with Crippen LogP contribution in [-0.4, -0.2) is 36.2 Å². The van der Waals surface area contributed by atoms with Crippen molar-refractivity contribution in [1.29, 1.82) is 0 Å². The summed E-state index contributed by atoms with van der Waals surface area (Å²) < 4.78 is 5.41. The lowest BCUT2D eigenvalue weighted by Gasteiger charge is -2.36. The van der Waals surface area contributed by atoms with E-state index in [4.69, 9.17) is 4.42 Å². The lowest BCUT2D eigenvalue weighted by molar-refractivity contribution is 0.249. The molecule has 1 aliphatic heterocycles. The molecule has 1 saturated heterocycles. The van der Waals surface area contributed by atoms with Crippen LogP contribution in [-0.2, 0) is 6.54 Å². The molecule has 1 fully saturated rings. The minimum atomic E-state index is -0.298. The van der Waals surface area contributed by atoms with Gasteiger partial charge in [-0.05, 0) is 54.8 Å². The summed E-state index contributed by atoms with van der Waals surface area (Å²) in [4.78, 5) is 16.5. The molecule has 27 heavy (non-hydrogen) atoms. The molecule has 0 atom stereocenters. The fraction of sp³-hybridized carbons (Fsp3) is 0.318. The maximum atomic E-state index is 12.0. The summed E-state index contributed by atoms with van der Waals surface area (Å²) in [7, 11) is 0. The van der Waals surface area contributed by atoms with E-state index in [1.807, 2.05) is 31.2 Å². The first kappa shape index (κ1) is 17.6. The van der Waals surface area contributed by atoms with E-state index in [0.29, 0.717) is 11.3 Å². The Morgan fingerprint density at radius 3 is 2.44 bits per heavy atom. The zero-order valence-electron chi connectivity index (χ0n) is 15.7. The van der Waals surface area contributed by atoms with Gasteiger partial charge in [0, 0.05) is 44.2 Å². The van der Waals surface area contributed by atoms with Crippen molar-refractivity contribution in [2.75, 3.05) is 31.1 Å². The van der Waals surface area contributed by atoms with Gasteiger partial charge >= 0.3 is 5.63 Å². The molecule has 1 aromatic heterocycles. The van der Waals surface area contributed by atoms with Gasteiger partial charge in [0.25, 0.3) is 0 Å². The lowest BCUT2D eigenvalue weighted by Crippen LogP contribution is -2.46. The van der Waals surface area contributed by atoms with Gasteiger partial charge in [0.05, 0.1) is 5.69 Å². The fourth-order valence-electron chi connectivity index (χ4n) is 3.73. The molecule has 5 nitrogen and oxygen atoms in total. The van der Waals surface area contributed by atoms with Gasteiger partial charge in [-0.15, -0.1) is 0 Å². The largest absolute Gasteiger partial charge is 0.506 e. The van der Waals surface area contributed by atoms with E-state index < -0.39 is 0 Å². The highest BCUT2D eigenvalue weighted by Crippen LogP contribution is 2.28. The summed E-state index contributed by atoms with van der Waals surface area (Å²) in [6.07, 6.45) is 0. The van der Waals surface area contributed by atoms with Crippen molar-refractivity contribution in [2.45, 2.75) is 20.4 Å². The van der Waals surface area contributed by atoms with E-state index in [9.17, 15) is 9.90 Å². The number of benzene rings is 2. The zero-order valence-corrected chi connectivity index (χ0v) is 15.7. The number of hydrogen-bond donors (Lipinski definition) is 1. The molecule has 0 radical (unpaired) electrons. The van der Waals surface area contributed by atoms with Gasteiger partial charge in [-0.3, -0.25) is 4.90 Å². The van der Waals surface area contributed by atoms with Crippen molar-refractivity contribution in [3.63, 3.8) is 0 Å². The summed E-state index contributed by atoms with van der Waals surface area (Å²) in [5.74, 6) is 0.323. The normalized spacial score (nSPS) is 15.4. The molecule has 0 amide bonds. The van der Waals surface area contributed by atoms with E-state index >= 15 is 0 Å². The molecular formula is C22H24N2O3. The van der Waals surface area contributed by atoms with Crippen LogP contribution in [0.5, 0.6) is 5.75 Å². The number of aryl methyl sites for hydroxylation is 2. The molecule has 0 unspecified atom stereocenters. The summed E-state index contributed by atoms with van der Waals surface area (Å²) in [6.45, 7) is 8.26. The van der Waals surface area contributed by atoms with Crippen LogP contribution in [0.25, 0.3) is 11.0 Å². The summed E-state index contributed by atoms with van der Waals surface area (Å²) in [5, 5.41) is 11.1. The van der Waals surface area contributed by atoms with Crippen LogP contribution in [0.3, 0.4) is 0 Å². The quantitative estimate of drug-likeness (QED) is 0.722. The van der Waals surface area contributed by atoms with Crippen LogP contribution >= 0.6 is 0 Å². The number of anilines is 1. The number of phenolic OH excluding ortho intramolecular Hbond substituents is 1. The molecule has 0 spiro atoms. The molecule has 2 heterocycles. The van der Waals surface area contributed by atoms with Crippen molar-refractivity contribution < 1.29 is 9.52 Å². The van der Waals surface area contributed by atoms with Gasteiger partial charge in [-0.1, -0.05) is 12.1 Å². The predicted molar refractivity (Wildman–Crippen MR) is 108 cm³/mol. The Kier molecular flexibility index (Phi) is 4.62. The van der Waals surface area contributed by atoms with Gasteiger partial charge in [0.1, 0.15) is 11.3 Å². The Labute approximate surface area is 158 Å². The maximum absolute atomic E-state index is 12.0. The van der Waals surface area contributed by atoms with Crippen LogP contribution in [0, 0.1) is 13.8 Å². The van der Waals surface area contributed by atoms with Crippen LogP contribution in [0.2, 0.25) is 0 Å². The molecule has 3 aromatic rings. The molecule has 1 N–H and O–H groups in total. The van der Waals surface area contributed by atoms with Crippen molar-refractivity contribution in [3.8, 4) is 5.75 Å². The topological polar surface area (TPSA) is 56.9 Å². The Bertz CT molecular complexity index is 1030.